The zero-order valence-corrected chi connectivity index (χ0v) is 10.1. The molecule has 0 aliphatic heterocycles. The van der Waals surface area contributed by atoms with Crippen LogP contribution in [0, 0.1) is 6.92 Å². The summed E-state index contributed by atoms with van der Waals surface area (Å²) in [6.07, 6.45) is 0. The maximum absolute atomic E-state index is 11.3. The summed E-state index contributed by atoms with van der Waals surface area (Å²) in [4.78, 5) is 18.7. The van der Waals surface area contributed by atoms with Crippen LogP contribution in [-0.2, 0) is 5.41 Å². The minimum Gasteiger partial charge on any atom is -0.322 e. The molecule has 2 rings (SSSR count). The van der Waals surface area contributed by atoms with Crippen LogP contribution in [0.15, 0.2) is 23.0 Å². The van der Waals surface area contributed by atoms with Crippen LogP contribution in [-0.4, -0.2) is 9.97 Å². The number of aryl methyl sites for hydroxylation is 1. The van der Waals surface area contributed by atoms with Crippen molar-refractivity contribution in [1.82, 2.24) is 9.97 Å². The molecule has 3 heteroatoms. The summed E-state index contributed by atoms with van der Waals surface area (Å²) in [5, 5.41) is 1.03. The molecule has 2 heterocycles. The van der Waals surface area contributed by atoms with Gasteiger partial charge >= 0.3 is 0 Å². The third kappa shape index (κ3) is 1.85. The third-order valence-corrected chi connectivity index (χ3v) is 2.56. The Balaban J connectivity index is 2.89. The monoisotopic (exact) mass is 216 g/mol. The summed E-state index contributed by atoms with van der Waals surface area (Å²) in [5.41, 5.74) is 2.73. The van der Waals surface area contributed by atoms with Gasteiger partial charge in [-0.2, -0.15) is 0 Å². The van der Waals surface area contributed by atoms with E-state index in [2.05, 4.69) is 30.7 Å². The van der Waals surface area contributed by atoms with E-state index in [0.29, 0.717) is 0 Å². The molecule has 0 saturated heterocycles. The van der Waals surface area contributed by atoms with Crippen LogP contribution in [0.25, 0.3) is 10.9 Å². The number of nitrogens with zero attached hydrogens (tertiary/aromatic N) is 1. The number of nitrogens with one attached hydrogen (secondary N) is 1. The van der Waals surface area contributed by atoms with Crippen molar-refractivity contribution in [3.63, 3.8) is 0 Å². The van der Waals surface area contributed by atoms with Gasteiger partial charge in [-0.25, -0.2) is 0 Å². The molecule has 0 amide bonds. The highest BCUT2D eigenvalue weighted by Crippen LogP contribution is 2.27. The first-order chi connectivity index (χ1) is 7.38. The van der Waals surface area contributed by atoms with E-state index < -0.39 is 0 Å². The Morgan fingerprint density at radius 2 is 1.94 bits per heavy atom. The maximum atomic E-state index is 11.3. The Morgan fingerprint density at radius 1 is 1.25 bits per heavy atom. The van der Waals surface area contributed by atoms with Crippen molar-refractivity contribution in [1.29, 1.82) is 0 Å². The van der Waals surface area contributed by atoms with E-state index in [1.165, 1.54) is 0 Å². The highest BCUT2D eigenvalue weighted by Gasteiger charge is 2.19. The Morgan fingerprint density at radius 3 is 2.56 bits per heavy atom. The molecule has 2 aromatic heterocycles. The van der Waals surface area contributed by atoms with E-state index in [-0.39, 0.29) is 11.0 Å². The molecule has 84 valence electrons. The molecule has 0 unspecified atom stereocenters. The largest absolute Gasteiger partial charge is 0.322 e. The van der Waals surface area contributed by atoms with Crippen LogP contribution < -0.4 is 5.56 Å². The average Bonchev–Trinajstić information content (AvgIpc) is 2.14. The number of pyridine rings is 2. The first-order valence-electron chi connectivity index (χ1n) is 5.39. The summed E-state index contributed by atoms with van der Waals surface area (Å²) < 4.78 is 0. The van der Waals surface area contributed by atoms with Crippen molar-refractivity contribution < 1.29 is 0 Å². The second kappa shape index (κ2) is 3.44. The normalized spacial score (nSPS) is 12.0. The Bertz CT molecular complexity index is 591. The molecule has 0 aromatic carbocycles. The molecule has 2 aromatic rings. The van der Waals surface area contributed by atoms with Gasteiger partial charge in [0.15, 0.2) is 0 Å². The van der Waals surface area contributed by atoms with Crippen molar-refractivity contribution in [2.24, 2.45) is 0 Å². The lowest BCUT2D eigenvalue weighted by atomic mass is 9.89. The van der Waals surface area contributed by atoms with Gasteiger partial charge in [0.2, 0.25) is 5.56 Å². The summed E-state index contributed by atoms with van der Waals surface area (Å²) in [5.74, 6) is 0. The topological polar surface area (TPSA) is 45.8 Å². The van der Waals surface area contributed by atoms with Crippen molar-refractivity contribution in [3.8, 4) is 0 Å². The van der Waals surface area contributed by atoms with Gasteiger partial charge < -0.3 is 4.98 Å². The standard InChI is InChI=1S/C13H16N2O/c1-8-7-10-9(5-6-11(16)15-10)12(14-8)13(2,3)4/h5-7H,1-4H3,(H,15,16). The second-order valence-electron chi connectivity index (χ2n) is 5.15. The highest BCUT2D eigenvalue weighted by molar-refractivity contribution is 5.81. The number of rotatable bonds is 0. The van der Waals surface area contributed by atoms with Gasteiger partial charge in [0.1, 0.15) is 0 Å². The van der Waals surface area contributed by atoms with Crippen molar-refractivity contribution in [2.75, 3.05) is 0 Å². The van der Waals surface area contributed by atoms with E-state index in [1.54, 1.807) is 6.07 Å². The predicted octanol–water partition coefficient (Wildman–Crippen LogP) is 2.53. The van der Waals surface area contributed by atoms with Gasteiger partial charge in [-0.3, -0.25) is 9.78 Å². The smallest absolute Gasteiger partial charge is 0.248 e. The van der Waals surface area contributed by atoms with Gasteiger partial charge in [-0.1, -0.05) is 20.8 Å². The number of hydrogen-bond acceptors (Lipinski definition) is 2. The molecule has 0 aliphatic rings. The van der Waals surface area contributed by atoms with Crippen molar-refractivity contribution in [3.05, 3.63) is 39.9 Å². The summed E-state index contributed by atoms with van der Waals surface area (Å²) in [7, 11) is 0. The van der Waals surface area contributed by atoms with Crippen LogP contribution in [0.4, 0.5) is 0 Å². The van der Waals surface area contributed by atoms with E-state index in [9.17, 15) is 4.79 Å². The molecular formula is C13H16N2O. The van der Waals surface area contributed by atoms with Gasteiger partial charge in [0, 0.05) is 22.6 Å². The Kier molecular flexibility index (Phi) is 2.34. The molecule has 0 aliphatic carbocycles. The van der Waals surface area contributed by atoms with Crippen LogP contribution in [0.3, 0.4) is 0 Å². The predicted molar refractivity (Wildman–Crippen MR) is 65.8 cm³/mol. The van der Waals surface area contributed by atoms with Gasteiger partial charge in [0.25, 0.3) is 0 Å². The van der Waals surface area contributed by atoms with Gasteiger partial charge in [-0.05, 0) is 19.1 Å². The zero-order chi connectivity index (χ0) is 11.9. The zero-order valence-electron chi connectivity index (χ0n) is 10.1. The van der Waals surface area contributed by atoms with Crippen LogP contribution in [0.1, 0.15) is 32.2 Å². The first kappa shape index (κ1) is 10.9. The van der Waals surface area contributed by atoms with E-state index in [0.717, 1.165) is 22.3 Å². The fourth-order valence-corrected chi connectivity index (χ4v) is 1.86. The number of fused-ring (bicyclic) bond motifs is 1. The first-order valence-corrected chi connectivity index (χ1v) is 5.39. The lowest BCUT2D eigenvalue weighted by Gasteiger charge is -2.20. The highest BCUT2D eigenvalue weighted by atomic mass is 16.1. The average molecular weight is 216 g/mol. The van der Waals surface area contributed by atoms with E-state index >= 15 is 0 Å². The maximum Gasteiger partial charge on any atom is 0.248 e. The minimum atomic E-state index is -0.0713. The molecule has 1 N–H and O–H groups in total. The number of H-pyrrole nitrogens is 1. The molecule has 0 atom stereocenters. The molecule has 3 nitrogen and oxygen atoms in total. The molecule has 16 heavy (non-hydrogen) atoms. The van der Waals surface area contributed by atoms with E-state index in [1.807, 2.05) is 19.1 Å². The summed E-state index contributed by atoms with van der Waals surface area (Å²) in [6, 6.07) is 5.31. The fourth-order valence-electron chi connectivity index (χ4n) is 1.86. The summed E-state index contributed by atoms with van der Waals surface area (Å²) in [6.45, 7) is 8.32. The van der Waals surface area contributed by atoms with E-state index in [4.69, 9.17) is 0 Å². The lowest BCUT2D eigenvalue weighted by Crippen LogP contribution is -2.16. The van der Waals surface area contributed by atoms with Crippen molar-refractivity contribution >= 4 is 10.9 Å². The Hall–Kier alpha value is -1.64. The number of hydrogen-bond donors (Lipinski definition) is 1. The van der Waals surface area contributed by atoms with Gasteiger partial charge in [-0.15, -0.1) is 0 Å². The number of aromatic amines is 1. The van der Waals surface area contributed by atoms with Crippen LogP contribution >= 0.6 is 0 Å². The second-order valence-corrected chi connectivity index (χ2v) is 5.15. The fraction of sp³-hybridized carbons (Fsp3) is 0.385. The molecule has 0 radical (unpaired) electrons. The Labute approximate surface area is 94.5 Å². The minimum absolute atomic E-state index is 0.0253. The van der Waals surface area contributed by atoms with Gasteiger partial charge in [0.05, 0.1) is 11.2 Å². The third-order valence-electron chi connectivity index (χ3n) is 2.56. The van der Waals surface area contributed by atoms with Crippen LogP contribution in [0.5, 0.6) is 0 Å². The molecule has 0 saturated carbocycles. The van der Waals surface area contributed by atoms with Crippen LogP contribution in [0.2, 0.25) is 0 Å². The molecule has 0 fully saturated rings. The number of aromatic nitrogens is 2. The molecular weight excluding hydrogens is 200 g/mol. The molecule has 0 spiro atoms. The lowest BCUT2D eigenvalue weighted by molar-refractivity contribution is 0.573. The summed E-state index contributed by atoms with van der Waals surface area (Å²) >= 11 is 0. The molecule has 0 bridgehead atoms. The van der Waals surface area contributed by atoms with Crippen molar-refractivity contribution in [2.45, 2.75) is 33.1 Å². The quantitative estimate of drug-likeness (QED) is 0.735. The SMILES string of the molecule is Cc1cc2[nH]c(=O)ccc2c(C(C)(C)C)n1.